The van der Waals surface area contributed by atoms with Crippen LogP contribution in [0.3, 0.4) is 0 Å². The fourth-order valence-electron chi connectivity index (χ4n) is 2.02. The molecule has 0 saturated heterocycles. The molecule has 0 unspecified atom stereocenters. The molecule has 0 aromatic heterocycles. The molecule has 2 rings (SSSR count). The summed E-state index contributed by atoms with van der Waals surface area (Å²) in [5, 5.41) is 8.87. The molecule has 0 fully saturated rings. The summed E-state index contributed by atoms with van der Waals surface area (Å²) in [6.45, 7) is 0. The van der Waals surface area contributed by atoms with E-state index in [1.807, 2.05) is 18.2 Å². The van der Waals surface area contributed by atoms with Crippen LogP contribution in [0.4, 0.5) is 17.1 Å². The van der Waals surface area contributed by atoms with Crippen LogP contribution in [0.2, 0.25) is 0 Å². The first kappa shape index (κ1) is 12.8. The molecule has 0 spiro atoms. The number of carboxylic acids is 1. The van der Waals surface area contributed by atoms with Crippen molar-refractivity contribution in [3.8, 4) is 11.1 Å². The zero-order chi connectivity index (χ0) is 14.0. The zero-order valence-electron chi connectivity index (χ0n) is 10.3. The van der Waals surface area contributed by atoms with Crippen LogP contribution in [0.1, 0.15) is 5.56 Å². The van der Waals surface area contributed by atoms with Gasteiger partial charge < -0.3 is 22.3 Å². The van der Waals surface area contributed by atoms with Crippen molar-refractivity contribution in [1.82, 2.24) is 0 Å². The lowest BCUT2D eigenvalue weighted by Gasteiger charge is -2.14. The predicted molar refractivity (Wildman–Crippen MR) is 76.5 cm³/mol. The molecule has 7 N–H and O–H groups in total. The minimum absolute atomic E-state index is 0.147. The predicted octanol–water partition coefficient (Wildman–Crippen LogP) is 1.73. The highest BCUT2D eigenvalue weighted by Crippen LogP contribution is 2.37. The van der Waals surface area contributed by atoms with Gasteiger partial charge in [0.05, 0.1) is 6.42 Å². The van der Waals surface area contributed by atoms with Gasteiger partial charge >= 0.3 is 5.97 Å². The van der Waals surface area contributed by atoms with Crippen LogP contribution in [0.5, 0.6) is 0 Å². The normalized spacial score (nSPS) is 10.3. The molecule has 0 radical (unpaired) electrons. The number of carbonyl (C=O) groups is 1. The second kappa shape index (κ2) is 4.89. The molecule has 5 nitrogen and oxygen atoms in total. The Bertz CT molecular complexity index is 639. The first-order valence-corrected chi connectivity index (χ1v) is 5.74. The first-order chi connectivity index (χ1) is 9.00. The van der Waals surface area contributed by atoms with Crippen LogP contribution in [0.15, 0.2) is 36.4 Å². The van der Waals surface area contributed by atoms with E-state index in [-0.39, 0.29) is 6.42 Å². The smallest absolute Gasteiger partial charge is 0.307 e. The Morgan fingerprint density at radius 1 is 1.00 bits per heavy atom. The molecule has 2 aromatic rings. The molecule has 0 aliphatic rings. The number of benzene rings is 2. The number of carboxylic acid groups (broad SMARTS) is 1. The Morgan fingerprint density at radius 3 is 2.32 bits per heavy atom. The summed E-state index contributed by atoms with van der Waals surface area (Å²) in [5.41, 5.74) is 21.1. The van der Waals surface area contributed by atoms with Crippen molar-refractivity contribution >= 4 is 23.0 Å². The van der Waals surface area contributed by atoms with Crippen molar-refractivity contribution in [3.63, 3.8) is 0 Å². The van der Waals surface area contributed by atoms with E-state index in [0.29, 0.717) is 33.8 Å². The lowest BCUT2D eigenvalue weighted by Crippen LogP contribution is -2.07. The molecule has 2 aromatic carbocycles. The zero-order valence-corrected chi connectivity index (χ0v) is 10.3. The Kier molecular flexibility index (Phi) is 3.29. The number of nitrogen functional groups attached to an aromatic ring is 3. The van der Waals surface area contributed by atoms with Gasteiger partial charge in [0, 0.05) is 28.2 Å². The van der Waals surface area contributed by atoms with E-state index in [9.17, 15) is 4.79 Å². The van der Waals surface area contributed by atoms with Gasteiger partial charge in [-0.15, -0.1) is 0 Å². The van der Waals surface area contributed by atoms with Crippen molar-refractivity contribution in [2.45, 2.75) is 6.42 Å². The van der Waals surface area contributed by atoms with Crippen molar-refractivity contribution in [2.24, 2.45) is 0 Å². The first-order valence-electron chi connectivity index (χ1n) is 5.74. The largest absolute Gasteiger partial charge is 0.481 e. The highest BCUT2D eigenvalue weighted by atomic mass is 16.4. The molecule has 0 saturated carbocycles. The highest BCUT2D eigenvalue weighted by Gasteiger charge is 2.14. The van der Waals surface area contributed by atoms with Gasteiger partial charge in [0.1, 0.15) is 0 Å². The Hall–Kier alpha value is -2.69. The topological polar surface area (TPSA) is 115 Å². The lowest BCUT2D eigenvalue weighted by molar-refractivity contribution is -0.136. The maximum Gasteiger partial charge on any atom is 0.307 e. The fourth-order valence-corrected chi connectivity index (χ4v) is 2.02. The summed E-state index contributed by atoms with van der Waals surface area (Å²) >= 11 is 0. The standard InChI is InChI=1S/C14H15N3O2/c15-10-4-2-1-3-9(10)13-11(16)6-5-8(14(13)17)7-12(18)19/h1-6H,7,15-17H2,(H,18,19). The van der Waals surface area contributed by atoms with Gasteiger partial charge in [0.25, 0.3) is 0 Å². The number of hydrogen-bond acceptors (Lipinski definition) is 4. The average Bonchev–Trinajstić information content (AvgIpc) is 2.35. The second-order valence-electron chi connectivity index (χ2n) is 4.26. The molecule has 5 heteroatoms. The molecule has 98 valence electrons. The van der Waals surface area contributed by atoms with Gasteiger partial charge in [-0.3, -0.25) is 4.79 Å². The van der Waals surface area contributed by atoms with E-state index < -0.39 is 5.97 Å². The molecule has 0 aliphatic heterocycles. The molecule has 0 aliphatic carbocycles. The van der Waals surface area contributed by atoms with Crippen molar-refractivity contribution in [1.29, 1.82) is 0 Å². The van der Waals surface area contributed by atoms with Crippen molar-refractivity contribution in [2.75, 3.05) is 17.2 Å². The third-order valence-electron chi connectivity index (χ3n) is 2.94. The number of para-hydroxylation sites is 1. The molecular formula is C14H15N3O2. The van der Waals surface area contributed by atoms with Gasteiger partial charge in [0.15, 0.2) is 0 Å². The Morgan fingerprint density at radius 2 is 1.68 bits per heavy atom. The molecule has 0 heterocycles. The average molecular weight is 257 g/mol. The van der Waals surface area contributed by atoms with Crippen LogP contribution in [-0.2, 0) is 11.2 Å². The van der Waals surface area contributed by atoms with E-state index in [0.717, 1.165) is 0 Å². The minimum Gasteiger partial charge on any atom is -0.481 e. The van der Waals surface area contributed by atoms with Crippen LogP contribution in [-0.4, -0.2) is 11.1 Å². The van der Waals surface area contributed by atoms with Gasteiger partial charge in [-0.1, -0.05) is 24.3 Å². The maximum atomic E-state index is 10.8. The highest BCUT2D eigenvalue weighted by molar-refractivity contribution is 5.94. The van der Waals surface area contributed by atoms with E-state index in [1.165, 1.54) is 0 Å². The monoisotopic (exact) mass is 257 g/mol. The van der Waals surface area contributed by atoms with E-state index in [2.05, 4.69) is 0 Å². The summed E-state index contributed by atoms with van der Waals surface area (Å²) in [4.78, 5) is 10.8. The van der Waals surface area contributed by atoms with Gasteiger partial charge in [-0.25, -0.2) is 0 Å². The van der Waals surface area contributed by atoms with E-state index in [4.69, 9.17) is 22.3 Å². The van der Waals surface area contributed by atoms with Crippen molar-refractivity contribution < 1.29 is 9.90 Å². The fraction of sp³-hybridized carbons (Fsp3) is 0.0714. The van der Waals surface area contributed by atoms with E-state index in [1.54, 1.807) is 18.2 Å². The maximum absolute atomic E-state index is 10.8. The molecular weight excluding hydrogens is 242 g/mol. The Balaban J connectivity index is 2.63. The van der Waals surface area contributed by atoms with Gasteiger partial charge in [-0.2, -0.15) is 0 Å². The summed E-state index contributed by atoms with van der Waals surface area (Å²) in [7, 11) is 0. The number of anilines is 3. The van der Waals surface area contributed by atoms with Crippen LogP contribution < -0.4 is 17.2 Å². The minimum atomic E-state index is -0.941. The summed E-state index contributed by atoms with van der Waals surface area (Å²) < 4.78 is 0. The summed E-state index contributed by atoms with van der Waals surface area (Å²) in [6, 6.07) is 10.5. The number of aliphatic carboxylic acids is 1. The summed E-state index contributed by atoms with van der Waals surface area (Å²) in [5.74, 6) is -0.941. The molecule has 19 heavy (non-hydrogen) atoms. The SMILES string of the molecule is Nc1ccccc1-c1c(N)ccc(CC(=O)O)c1N. The number of rotatable bonds is 3. The van der Waals surface area contributed by atoms with Crippen LogP contribution in [0.25, 0.3) is 11.1 Å². The number of hydrogen-bond donors (Lipinski definition) is 4. The molecule has 0 amide bonds. The molecule has 0 atom stereocenters. The lowest BCUT2D eigenvalue weighted by atomic mass is 9.96. The third-order valence-corrected chi connectivity index (χ3v) is 2.94. The number of nitrogens with two attached hydrogens (primary N) is 3. The van der Waals surface area contributed by atoms with E-state index >= 15 is 0 Å². The quantitative estimate of drug-likeness (QED) is 0.625. The van der Waals surface area contributed by atoms with Crippen LogP contribution >= 0.6 is 0 Å². The van der Waals surface area contributed by atoms with Gasteiger partial charge in [0.2, 0.25) is 0 Å². The van der Waals surface area contributed by atoms with Gasteiger partial charge in [-0.05, 0) is 17.7 Å². The Labute approximate surface area is 110 Å². The summed E-state index contributed by atoms with van der Waals surface area (Å²) in [6.07, 6.45) is -0.147. The molecule has 0 bridgehead atoms. The van der Waals surface area contributed by atoms with Crippen molar-refractivity contribution in [3.05, 3.63) is 42.0 Å². The second-order valence-corrected chi connectivity index (χ2v) is 4.26. The third kappa shape index (κ3) is 2.44. The van der Waals surface area contributed by atoms with Crippen LogP contribution in [0, 0.1) is 0 Å².